The van der Waals surface area contributed by atoms with Crippen molar-refractivity contribution in [2.24, 2.45) is 0 Å². The summed E-state index contributed by atoms with van der Waals surface area (Å²) >= 11 is 5.47. The summed E-state index contributed by atoms with van der Waals surface area (Å²) in [6, 6.07) is 13.8. The van der Waals surface area contributed by atoms with E-state index in [1.54, 1.807) is 16.7 Å². The van der Waals surface area contributed by atoms with Gasteiger partial charge in [0.2, 0.25) is 5.91 Å². The van der Waals surface area contributed by atoms with Gasteiger partial charge in [-0.1, -0.05) is 18.2 Å². The Balaban J connectivity index is 1.34. The fourth-order valence-corrected chi connectivity index (χ4v) is 4.84. The van der Waals surface area contributed by atoms with Crippen molar-refractivity contribution in [3.63, 3.8) is 0 Å². The predicted molar refractivity (Wildman–Crippen MR) is 145 cm³/mol. The number of rotatable bonds is 10. The van der Waals surface area contributed by atoms with Crippen molar-refractivity contribution in [2.45, 2.75) is 39.7 Å². The van der Waals surface area contributed by atoms with Crippen molar-refractivity contribution in [1.82, 2.24) is 14.5 Å². The van der Waals surface area contributed by atoms with Gasteiger partial charge in [0, 0.05) is 50.9 Å². The minimum Gasteiger partial charge on any atom is -0.490 e. The summed E-state index contributed by atoms with van der Waals surface area (Å²) < 4.78 is 13.3. The third-order valence-corrected chi connectivity index (χ3v) is 6.74. The topological polar surface area (TPSA) is 79.8 Å². The van der Waals surface area contributed by atoms with Gasteiger partial charge < -0.3 is 24.3 Å². The van der Waals surface area contributed by atoms with Crippen LogP contribution in [0.1, 0.15) is 33.1 Å². The molecule has 192 valence electrons. The number of piperazine rings is 1. The number of hydrogen-bond acceptors (Lipinski definition) is 6. The van der Waals surface area contributed by atoms with E-state index in [-0.39, 0.29) is 11.5 Å². The highest BCUT2D eigenvalue weighted by molar-refractivity contribution is 7.71. The van der Waals surface area contributed by atoms with E-state index in [1.165, 1.54) is 5.69 Å². The molecule has 4 rings (SSSR count). The number of aromatic nitrogens is 2. The summed E-state index contributed by atoms with van der Waals surface area (Å²) in [4.78, 5) is 33.3. The normalized spacial score (nSPS) is 13.7. The maximum Gasteiger partial charge on any atom is 0.262 e. The smallest absolute Gasteiger partial charge is 0.262 e. The molecule has 36 heavy (non-hydrogen) atoms. The number of benzene rings is 2. The first-order valence-corrected chi connectivity index (χ1v) is 13.1. The van der Waals surface area contributed by atoms with Crippen molar-refractivity contribution >= 4 is 34.7 Å². The maximum absolute atomic E-state index is 13.2. The molecule has 1 fully saturated rings. The second-order valence-corrected chi connectivity index (χ2v) is 9.14. The van der Waals surface area contributed by atoms with Crippen molar-refractivity contribution in [3.05, 3.63) is 57.6 Å². The number of ether oxygens (including phenoxy) is 2. The molecule has 1 aliphatic heterocycles. The molecule has 2 heterocycles. The predicted octanol–water partition coefficient (Wildman–Crippen LogP) is 4.38. The monoisotopic (exact) mass is 510 g/mol. The number of unbranched alkanes of at least 4 members (excludes halogenated alkanes) is 1. The van der Waals surface area contributed by atoms with Crippen molar-refractivity contribution < 1.29 is 14.3 Å². The molecule has 2 aromatic carbocycles. The molecule has 8 nitrogen and oxygen atoms in total. The first-order valence-electron chi connectivity index (χ1n) is 12.7. The van der Waals surface area contributed by atoms with E-state index in [0.717, 1.165) is 26.2 Å². The summed E-state index contributed by atoms with van der Waals surface area (Å²) in [6.45, 7) is 8.35. The zero-order valence-electron chi connectivity index (χ0n) is 21.0. The number of H-pyrrole nitrogens is 1. The van der Waals surface area contributed by atoms with Gasteiger partial charge in [0.05, 0.1) is 24.1 Å². The zero-order chi connectivity index (χ0) is 25.5. The van der Waals surface area contributed by atoms with Crippen LogP contribution in [0.25, 0.3) is 10.9 Å². The van der Waals surface area contributed by atoms with E-state index < -0.39 is 0 Å². The Morgan fingerprint density at radius 1 is 0.972 bits per heavy atom. The first kappa shape index (κ1) is 25.8. The van der Waals surface area contributed by atoms with Gasteiger partial charge in [-0.2, -0.15) is 0 Å². The average Bonchev–Trinajstić information content (AvgIpc) is 2.89. The van der Waals surface area contributed by atoms with Crippen molar-refractivity contribution in [1.29, 1.82) is 0 Å². The van der Waals surface area contributed by atoms with E-state index in [1.807, 2.05) is 36.9 Å². The molecule has 0 spiro atoms. The van der Waals surface area contributed by atoms with E-state index in [4.69, 9.17) is 21.7 Å². The van der Waals surface area contributed by atoms with Crippen molar-refractivity contribution in [3.8, 4) is 11.5 Å². The average molecular weight is 511 g/mol. The van der Waals surface area contributed by atoms with Crippen LogP contribution in [-0.4, -0.2) is 59.8 Å². The lowest BCUT2D eigenvalue weighted by atomic mass is 10.2. The SMILES string of the molecule is CCOc1cc2[nH]c(=S)n(CCCCC(=O)N3CCN(c4ccccc4)CC3)c(=O)c2cc1OCC. The highest BCUT2D eigenvalue weighted by Crippen LogP contribution is 2.31. The molecule has 0 saturated carbocycles. The number of para-hydroxylation sites is 1. The molecule has 0 radical (unpaired) electrons. The lowest BCUT2D eigenvalue weighted by Crippen LogP contribution is -2.48. The lowest BCUT2D eigenvalue weighted by Gasteiger charge is -2.36. The van der Waals surface area contributed by atoms with Gasteiger partial charge in [-0.3, -0.25) is 14.2 Å². The van der Waals surface area contributed by atoms with Gasteiger partial charge in [0.1, 0.15) is 0 Å². The molecule has 1 aliphatic rings. The highest BCUT2D eigenvalue weighted by Gasteiger charge is 2.21. The highest BCUT2D eigenvalue weighted by atomic mass is 32.1. The Morgan fingerprint density at radius 2 is 1.64 bits per heavy atom. The van der Waals surface area contributed by atoms with E-state index in [9.17, 15) is 9.59 Å². The van der Waals surface area contributed by atoms with Crippen LogP contribution in [0.5, 0.6) is 11.5 Å². The second-order valence-electron chi connectivity index (χ2n) is 8.76. The molecule has 1 amide bonds. The number of anilines is 1. The Hall–Kier alpha value is -3.33. The Morgan fingerprint density at radius 3 is 2.31 bits per heavy atom. The summed E-state index contributed by atoms with van der Waals surface area (Å²) in [7, 11) is 0. The molecule has 0 unspecified atom stereocenters. The molecule has 1 saturated heterocycles. The molecule has 9 heteroatoms. The zero-order valence-corrected chi connectivity index (χ0v) is 21.8. The minimum absolute atomic E-state index is 0.166. The van der Waals surface area contributed by atoms with Gasteiger partial charge in [-0.15, -0.1) is 0 Å². The quantitative estimate of drug-likeness (QED) is 0.322. The summed E-state index contributed by atoms with van der Waals surface area (Å²) in [5.41, 5.74) is 1.66. The Bertz CT molecular complexity index is 1300. The number of nitrogens with zero attached hydrogens (tertiary/aromatic N) is 3. The van der Waals surface area contributed by atoms with Crippen LogP contribution in [0.3, 0.4) is 0 Å². The van der Waals surface area contributed by atoms with E-state index in [0.29, 0.717) is 66.2 Å². The summed E-state index contributed by atoms with van der Waals surface area (Å²) in [5.74, 6) is 1.29. The third kappa shape index (κ3) is 5.90. The standard InChI is InChI=1S/C27H34N4O4S/c1-3-34-23-18-21-22(19-24(23)35-4-2)28-27(36)31(26(21)33)13-9-8-12-25(32)30-16-14-29(15-17-30)20-10-6-5-7-11-20/h5-7,10-11,18-19H,3-4,8-9,12-17H2,1-2H3,(H,28,36). The number of amides is 1. The number of carbonyl (C=O) groups is 1. The summed E-state index contributed by atoms with van der Waals surface area (Å²) in [5, 5.41) is 0.503. The molecular formula is C27H34N4O4S. The van der Waals surface area contributed by atoms with Gasteiger partial charge in [0.15, 0.2) is 16.3 Å². The number of carbonyl (C=O) groups excluding carboxylic acids is 1. The van der Waals surface area contributed by atoms with Crippen LogP contribution < -0.4 is 19.9 Å². The van der Waals surface area contributed by atoms with Gasteiger partial charge in [0.25, 0.3) is 5.56 Å². The van der Waals surface area contributed by atoms with Crippen LogP contribution in [-0.2, 0) is 11.3 Å². The molecule has 1 N–H and O–H groups in total. The lowest BCUT2D eigenvalue weighted by molar-refractivity contribution is -0.131. The third-order valence-electron chi connectivity index (χ3n) is 6.42. The molecule has 0 aliphatic carbocycles. The van der Waals surface area contributed by atoms with Gasteiger partial charge >= 0.3 is 0 Å². The van der Waals surface area contributed by atoms with Crippen LogP contribution in [0.4, 0.5) is 5.69 Å². The number of nitrogens with one attached hydrogen (secondary N) is 1. The van der Waals surface area contributed by atoms with Gasteiger partial charge in [-0.25, -0.2) is 0 Å². The molecule has 1 aromatic heterocycles. The number of aromatic amines is 1. The van der Waals surface area contributed by atoms with E-state index >= 15 is 0 Å². The molecule has 0 atom stereocenters. The Kier molecular flexibility index (Phi) is 8.64. The van der Waals surface area contributed by atoms with Gasteiger partial charge in [-0.05, 0) is 57.1 Å². The first-order chi connectivity index (χ1) is 17.5. The van der Waals surface area contributed by atoms with Crippen LogP contribution in [0.15, 0.2) is 47.3 Å². The minimum atomic E-state index is -0.166. The largest absolute Gasteiger partial charge is 0.490 e. The molecule has 3 aromatic rings. The molecule has 0 bridgehead atoms. The van der Waals surface area contributed by atoms with Crippen LogP contribution in [0, 0.1) is 4.77 Å². The van der Waals surface area contributed by atoms with Crippen LogP contribution >= 0.6 is 12.2 Å². The molecular weight excluding hydrogens is 476 g/mol. The Labute approximate surface area is 216 Å². The maximum atomic E-state index is 13.2. The number of hydrogen-bond donors (Lipinski definition) is 1. The van der Waals surface area contributed by atoms with Crippen LogP contribution in [0.2, 0.25) is 0 Å². The second kappa shape index (κ2) is 12.1. The van der Waals surface area contributed by atoms with E-state index in [2.05, 4.69) is 22.0 Å². The summed E-state index contributed by atoms with van der Waals surface area (Å²) in [6.07, 6.45) is 1.86. The van der Waals surface area contributed by atoms with Crippen molar-refractivity contribution in [2.75, 3.05) is 44.3 Å². The number of fused-ring (bicyclic) bond motifs is 1. The fraction of sp³-hybridized carbons (Fsp3) is 0.444. The fourth-order valence-electron chi connectivity index (χ4n) is 4.56.